The number of thioether (sulfide) groups is 1. The van der Waals surface area contributed by atoms with E-state index < -0.39 is 16.1 Å². The van der Waals surface area contributed by atoms with Gasteiger partial charge < -0.3 is 15.0 Å². The Hall–Kier alpha value is -1.49. The van der Waals surface area contributed by atoms with Crippen molar-refractivity contribution in [3.8, 4) is 0 Å². The number of sulfonamides is 1. The van der Waals surface area contributed by atoms with Crippen LogP contribution in [0, 0.1) is 0 Å². The van der Waals surface area contributed by atoms with E-state index in [2.05, 4.69) is 10.0 Å². The maximum Gasteiger partial charge on any atom is 0.409 e. The Labute approximate surface area is 187 Å². The van der Waals surface area contributed by atoms with Crippen molar-refractivity contribution in [2.75, 3.05) is 31.7 Å². The summed E-state index contributed by atoms with van der Waals surface area (Å²) in [5.74, 6) is 0.263. The highest BCUT2D eigenvalue weighted by Crippen LogP contribution is 2.16. The number of hydrogen-bond donors (Lipinski definition) is 2. The summed E-state index contributed by atoms with van der Waals surface area (Å²) in [6, 6.07) is 4.77. The molecule has 0 spiro atoms. The lowest BCUT2D eigenvalue weighted by atomic mass is 10.0. The molecule has 11 heteroatoms. The van der Waals surface area contributed by atoms with Gasteiger partial charge in [0.15, 0.2) is 0 Å². The maximum atomic E-state index is 12.8. The molecule has 0 radical (unpaired) electrons. The molecule has 1 fully saturated rings. The third-order valence-corrected chi connectivity index (χ3v) is 7.10. The molecule has 8 nitrogen and oxygen atoms in total. The van der Waals surface area contributed by atoms with Crippen molar-refractivity contribution in [1.29, 1.82) is 0 Å². The summed E-state index contributed by atoms with van der Waals surface area (Å²) in [6.07, 6.45) is 3.08. The Morgan fingerprint density at radius 3 is 2.47 bits per heavy atom. The lowest BCUT2D eigenvalue weighted by molar-refractivity contribution is -0.123. The van der Waals surface area contributed by atoms with Gasteiger partial charge in [-0.3, -0.25) is 4.79 Å². The van der Waals surface area contributed by atoms with E-state index in [4.69, 9.17) is 16.3 Å². The molecule has 1 atom stereocenters. The summed E-state index contributed by atoms with van der Waals surface area (Å²) in [6.45, 7) is 3.04. The SMILES string of the molecule is CCOC(=O)N1CCC(NC(=O)C(CCSC)NS(=O)(=O)c2ccc(Cl)cc2)CC1. The average Bonchev–Trinajstić information content (AvgIpc) is 2.72. The van der Waals surface area contributed by atoms with Crippen molar-refractivity contribution in [3.63, 3.8) is 0 Å². The van der Waals surface area contributed by atoms with Crippen LogP contribution in [0.1, 0.15) is 26.2 Å². The van der Waals surface area contributed by atoms with Crippen LogP contribution in [0.25, 0.3) is 0 Å². The van der Waals surface area contributed by atoms with Gasteiger partial charge in [-0.15, -0.1) is 0 Å². The number of likely N-dealkylation sites (tertiary alicyclic amines) is 1. The van der Waals surface area contributed by atoms with Gasteiger partial charge in [-0.1, -0.05) is 11.6 Å². The zero-order valence-corrected chi connectivity index (χ0v) is 19.5. The van der Waals surface area contributed by atoms with E-state index in [1.54, 1.807) is 11.8 Å². The number of hydrogen-bond acceptors (Lipinski definition) is 6. The van der Waals surface area contributed by atoms with Crippen LogP contribution < -0.4 is 10.0 Å². The van der Waals surface area contributed by atoms with Gasteiger partial charge in [0.1, 0.15) is 6.04 Å². The van der Waals surface area contributed by atoms with Crippen LogP contribution in [0.5, 0.6) is 0 Å². The molecule has 0 aliphatic carbocycles. The first-order valence-electron chi connectivity index (χ1n) is 9.75. The Bertz CT molecular complexity index is 812. The van der Waals surface area contributed by atoms with Gasteiger partial charge in [0, 0.05) is 24.2 Å². The maximum absolute atomic E-state index is 12.8. The second-order valence-electron chi connectivity index (χ2n) is 6.88. The zero-order chi connectivity index (χ0) is 22.1. The Morgan fingerprint density at radius 1 is 1.27 bits per heavy atom. The minimum absolute atomic E-state index is 0.0524. The van der Waals surface area contributed by atoms with Crippen LogP contribution in [-0.2, 0) is 19.6 Å². The molecule has 1 aromatic carbocycles. The molecule has 2 rings (SSSR count). The number of amides is 2. The van der Waals surface area contributed by atoms with Gasteiger partial charge in [-0.05, 0) is 62.5 Å². The van der Waals surface area contributed by atoms with Crippen LogP contribution in [0.3, 0.4) is 0 Å². The molecule has 30 heavy (non-hydrogen) atoms. The van der Waals surface area contributed by atoms with Crippen molar-refractivity contribution in [1.82, 2.24) is 14.9 Å². The van der Waals surface area contributed by atoms with E-state index in [0.717, 1.165) is 0 Å². The highest BCUT2D eigenvalue weighted by atomic mass is 35.5. The number of ether oxygens (including phenoxy) is 1. The number of carbonyl (C=O) groups excluding carboxylic acids is 2. The normalized spacial score (nSPS) is 16.2. The molecular weight excluding hydrogens is 450 g/mol. The molecule has 168 valence electrons. The fourth-order valence-corrected chi connectivity index (χ4v) is 4.90. The molecule has 1 aliphatic heterocycles. The molecule has 2 amide bonds. The molecule has 0 aromatic heterocycles. The topological polar surface area (TPSA) is 105 Å². The number of rotatable bonds is 9. The lowest BCUT2D eigenvalue weighted by Crippen LogP contribution is -2.52. The molecule has 1 heterocycles. The van der Waals surface area contributed by atoms with Crippen molar-refractivity contribution in [2.24, 2.45) is 0 Å². The number of piperidine rings is 1. The molecular formula is C19H28ClN3O5S2. The lowest BCUT2D eigenvalue weighted by Gasteiger charge is -2.32. The Balaban J connectivity index is 1.98. The van der Waals surface area contributed by atoms with E-state index in [-0.39, 0.29) is 22.9 Å². The van der Waals surface area contributed by atoms with E-state index in [1.807, 2.05) is 6.26 Å². The standard InChI is InChI=1S/C19H28ClN3O5S2/c1-3-28-19(25)23-11-8-15(9-12-23)21-18(24)17(10-13-29-2)22-30(26,27)16-6-4-14(20)5-7-16/h4-7,15,17,22H,3,8-13H2,1-2H3,(H,21,24). The third-order valence-electron chi connectivity index (χ3n) is 4.72. The van der Waals surface area contributed by atoms with Crippen molar-refractivity contribution < 1.29 is 22.7 Å². The largest absolute Gasteiger partial charge is 0.450 e. The molecule has 0 bridgehead atoms. The molecule has 2 N–H and O–H groups in total. The summed E-state index contributed by atoms with van der Waals surface area (Å²) in [7, 11) is -3.87. The van der Waals surface area contributed by atoms with E-state index in [0.29, 0.717) is 49.7 Å². The molecule has 1 unspecified atom stereocenters. The second-order valence-corrected chi connectivity index (χ2v) is 10.0. The molecule has 1 saturated heterocycles. The highest BCUT2D eigenvalue weighted by molar-refractivity contribution is 7.98. The summed E-state index contributed by atoms with van der Waals surface area (Å²) in [5, 5.41) is 3.36. The summed E-state index contributed by atoms with van der Waals surface area (Å²) < 4.78 is 32.9. The number of nitrogens with zero attached hydrogens (tertiary/aromatic N) is 1. The Kier molecular flexibility index (Phi) is 9.73. The zero-order valence-electron chi connectivity index (χ0n) is 17.1. The summed E-state index contributed by atoms with van der Waals surface area (Å²) in [5.41, 5.74) is 0. The van der Waals surface area contributed by atoms with Crippen LogP contribution in [0.2, 0.25) is 5.02 Å². The summed E-state index contributed by atoms with van der Waals surface area (Å²) >= 11 is 7.36. The Morgan fingerprint density at radius 2 is 1.90 bits per heavy atom. The number of nitrogens with one attached hydrogen (secondary N) is 2. The van der Waals surface area contributed by atoms with Gasteiger partial charge in [0.05, 0.1) is 11.5 Å². The van der Waals surface area contributed by atoms with Crippen LogP contribution in [-0.4, -0.2) is 69.1 Å². The van der Waals surface area contributed by atoms with Crippen molar-refractivity contribution in [3.05, 3.63) is 29.3 Å². The highest BCUT2D eigenvalue weighted by Gasteiger charge is 2.29. The van der Waals surface area contributed by atoms with Crippen LogP contribution >= 0.6 is 23.4 Å². The monoisotopic (exact) mass is 477 g/mol. The number of halogens is 1. The number of benzene rings is 1. The van der Waals surface area contributed by atoms with Gasteiger partial charge in [0.25, 0.3) is 0 Å². The van der Waals surface area contributed by atoms with Gasteiger partial charge >= 0.3 is 6.09 Å². The van der Waals surface area contributed by atoms with E-state index in [1.165, 1.54) is 36.0 Å². The first-order valence-corrected chi connectivity index (χ1v) is 13.0. The first-order chi connectivity index (χ1) is 14.3. The predicted molar refractivity (Wildman–Crippen MR) is 118 cm³/mol. The van der Waals surface area contributed by atoms with Crippen molar-refractivity contribution >= 4 is 45.4 Å². The second kappa shape index (κ2) is 11.8. The predicted octanol–water partition coefficient (Wildman–Crippen LogP) is 2.48. The van der Waals surface area contributed by atoms with E-state index >= 15 is 0 Å². The molecule has 1 aromatic rings. The summed E-state index contributed by atoms with van der Waals surface area (Å²) in [4.78, 5) is 26.3. The van der Waals surface area contributed by atoms with E-state index in [9.17, 15) is 18.0 Å². The fourth-order valence-electron chi connectivity index (χ4n) is 3.07. The first kappa shape index (κ1) is 24.8. The molecule has 1 aliphatic rings. The van der Waals surface area contributed by atoms with Gasteiger partial charge in [-0.2, -0.15) is 16.5 Å². The molecule has 0 saturated carbocycles. The minimum Gasteiger partial charge on any atom is -0.450 e. The number of carbonyl (C=O) groups is 2. The van der Waals surface area contributed by atoms with Gasteiger partial charge in [0.2, 0.25) is 15.9 Å². The third kappa shape index (κ3) is 7.33. The quantitative estimate of drug-likeness (QED) is 0.566. The van der Waals surface area contributed by atoms with Gasteiger partial charge in [-0.25, -0.2) is 13.2 Å². The minimum atomic E-state index is -3.87. The van der Waals surface area contributed by atoms with Crippen LogP contribution in [0.15, 0.2) is 29.2 Å². The fraction of sp³-hybridized carbons (Fsp3) is 0.579. The smallest absolute Gasteiger partial charge is 0.409 e. The average molecular weight is 478 g/mol. The van der Waals surface area contributed by atoms with Crippen LogP contribution in [0.4, 0.5) is 4.79 Å². The van der Waals surface area contributed by atoms with Crippen molar-refractivity contribution in [2.45, 2.75) is 43.2 Å².